The first kappa shape index (κ1) is 20.8. The molecule has 7 heteroatoms. The highest BCUT2D eigenvalue weighted by molar-refractivity contribution is 6.02. The minimum atomic E-state index is -1.17. The van der Waals surface area contributed by atoms with Crippen LogP contribution in [0.1, 0.15) is 55.6 Å². The number of nitrogens with zero attached hydrogens (tertiary/aromatic N) is 2. The lowest BCUT2D eigenvalue weighted by molar-refractivity contribution is -0.134. The van der Waals surface area contributed by atoms with Crippen LogP contribution in [0.2, 0.25) is 0 Å². The molecule has 1 saturated carbocycles. The molecule has 1 aliphatic heterocycles. The van der Waals surface area contributed by atoms with Gasteiger partial charge in [0, 0.05) is 23.7 Å². The molecule has 0 saturated heterocycles. The Morgan fingerprint density at radius 1 is 1.25 bits per heavy atom. The van der Waals surface area contributed by atoms with Crippen molar-refractivity contribution >= 4 is 22.9 Å². The number of benzene rings is 1. The normalized spacial score (nSPS) is 25.7. The van der Waals surface area contributed by atoms with Gasteiger partial charge in [-0.3, -0.25) is 9.59 Å². The highest BCUT2D eigenvalue weighted by Gasteiger charge is 2.48. The first-order valence-corrected chi connectivity index (χ1v) is 11.3. The molecule has 2 aliphatic rings. The first-order chi connectivity index (χ1) is 15.4. The number of hydrogen-bond acceptors (Lipinski definition) is 3. The Hall–Kier alpha value is -3.09. The third-order valence-electron chi connectivity index (χ3n) is 7.25. The zero-order chi connectivity index (χ0) is 22.5. The SMILES string of the molecule is CC1CCCCC1NC(=O)C1(C)Cn2c(cc3occc32)C(=O)N1Cc1ccccc1F. The summed E-state index contributed by atoms with van der Waals surface area (Å²) in [7, 11) is 0. The van der Waals surface area contributed by atoms with E-state index in [4.69, 9.17) is 4.42 Å². The average molecular weight is 438 g/mol. The van der Waals surface area contributed by atoms with Gasteiger partial charge in [0.15, 0.2) is 5.58 Å². The predicted molar refractivity (Wildman–Crippen MR) is 118 cm³/mol. The molecule has 32 heavy (non-hydrogen) atoms. The quantitative estimate of drug-likeness (QED) is 0.654. The maximum absolute atomic E-state index is 14.5. The van der Waals surface area contributed by atoms with Crippen molar-refractivity contribution < 1.29 is 18.4 Å². The summed E-state index contributed by atoms with van der Waals surface area (Å²) in [6.07, 6.45) is 5.85. The average Bonchev–Trinajstić information content (AvgIpc) is 3.36. The number of rotatable bonds is 4. The number of hydrogen-bond donors (Lipinski definition) is 1. The molecule has 5 rings (SSSR count). The van der Waals surface area contributed by atoms with Crippen molar-refractivity contribution in [2.45, 2.75) is 64.2 Å². The molecular weight excluding hydrogens is 409 g/mol. The summed E-state index contributed by atoms with van der Waals surface area (Å²) in [5.74, 6) is -0.505. The molecule has 0 bridgehead atoms. The highest BCUT2D eigenvalue weighted by Crippen LogP contribution is 2.35. The third-order valence-corrected chi connectivity index (χ3v) is 7.25. The van der Waals surface area contributed by atoms with Crippen molar-refractivity contribution in [2.24, 2.45) is 5.92 Å². The van der Waals surface area contributed by atoms with Crippen LogP contribution in [0.25, 0.3) is 11.1 Å². The van der Waals surface area contributed by atoms with E-state index >= 15 is 0 Å². The highest BCUT2D eigenvalue weighted by atomic mass is 19.1. The van der Waals surface area contributed by atoms with E-state index in [1.165, 1.54) is 17.4 Å². The molecule has 3 heterocycles. The van der Waals surface area contributed by atoms with Crippen molar-refractivity contribution in [3.05, 3.63) is 59.7 Å². The predicted octanol–water partition coefficient (Wildman–Crippen LogP) is 4.48. The van der Waals surface area contributed by atoms with Gasteiger partial charge in [-0.25, -0.2) is 4.39 Å². The van der Waals surface area contributed by atoms with Gasteiger partial charge in [0.2, 0.25) is 5.91 Å². The second kappa shape index (κ2) is 7.80. The Balaban J connectivity index is 1.54. The number of aromatic nitrogens is 1. The molecule has 3 unspecified atom stereocenters. The van der Waals surface area contributed by atoms with Gasteiger partial charge in [0.05, 0.1) is 24.9 Å². The minimum absolute atomic E-state index is 0.0161. The fraction of sp³-hybridized carbons (Fsp3) is 0.440. The summed E-state index contributed by atoms with van der Waals surface area (Å²) in [5.41, 5.74) is 1.04. The van der Waals surface area contributed by atoms with Gasteiger partial charge < -0.3 is 19.2 Å². The smallest absolute Gasteiger partial charge is 0.271 e. The van der Waals surface area contributed by atoms with Crippen LogP contribution in [-0.4, -0.2) is 32.9 Å². The van der Waals surface area contributed by atoms with E-state index in [-0.39, 0.29) is 30.9 Å². The van der Waals surface area contributed by atoms with Gasteiger partial charge >= 0.3 is 0 Å². The number of carbonyl (C=O) groups is 2. The lowest BCUT2D eigenvalue weighted by atomic mass is 9.85. The van der Waals surface area contributed by atoms with Gasteiger partial charge in [0.1, 0.15) is 17.1 Å². The van der Waals surface area contributed by atoms with Gasteiger partial charge in [-0.05, 0) is 31.7 Å². The van der Waals surface area contributed by atoms with Crippen molar-refractivity contribution in [1.29, 1.82) is 0 Å². The molecule has 1 aromatic carbocycles. The van der Waals surface area contributed by atoms with Gasteiger partial charge in [-0.2, -0.15) is 0 Å². The summed E-state index contributed by atoms with van der Waals surface area (Å²) in [4.78, 5) is 28.9. The van der Waals surface area contributed by atoms with E-state index in [1.54, 1.807) is 43.5 Å². The summed E-state index contributed by atoms with van der Waals surface area (Å²) in [6.45, 7) is 4.23. The number of nitrogens with one attached hydrogen (secondary N) is 1. The molecule has 1 aliphatic carbocycles. The van der Waals surface area contributed by atoms with E-state index in [9.17, 15) is 14.0 Å². The summed E-state index contributed by atoms with van der Waals surface area (Å²) < 4.78 is 21.9. The number of amides is 2. The van der Waals surface area contributed by atoms with E-state index in [1.807, 2.05) is 4.57 Å². The standard InChI is InChI=1S/C25H28FN3O3/c1-16-7-3-6-10-19(16)27-24(31)25(2)15-28-20-11-12-32-22(20)13-21(28)23(30)29(25)14-17-8-4-5-9-18(17)26/h4-5,8-9,11-13,16,19H,3,6-7,10,14-15H2,1-2H3,(H,27,31). The summed E-state index contributed by atoms with van der Waals surface area (Å²) >= 11 is 0. The molecule has 6 nitrogen and oxygen atoms in total. The van der Waals surface area contributed by atoms with Crippen LogP contribution >= 0.6 is 0 Å². The topological polar surface area (TPSA) is 67.5 Å². The van der Waals surface area contributed by atoms with Crippen molar-refractivity contribution in [1.82, 2.24) is 14.8 Å². The third kappa shape index (κ3) is 3.31. The molecular formula is C25H28FN3O3. The lowest BCUT2D eigenvalue weighted by Crippen LogP contribution is -2.65. The van der Waals surface area contributed by atoms with Crippen LogP contribution in [0.3, 0.4) is 0 Å². The fourth-order valence-corrected chi connectivity index (χ4v) is 5.17. The Kier molecular flexibility index (Phi) is 5.07. The Morgan fingerprint density at radius 2 is 2.03 bits per heavy atom. The van der Waals surface area contributed by atoms with Crippen molar-refractivity contribution in [2.75, 3.05) is 0 Å². The molecule has 168 valence electrons. The molecule has 1 N–H and O–H groups in total. The zero-order valence-electron chi connectivity index (χ0n) is 18.4. The number of halogens is 1. The van der Waals surface area contributed by atoms with Crippen LogP contribution < -0.4 is 5.32 Å². The van der Waals surface area contributed by atoms with Gasteiger partial charge in [-0.1, -0.05) is 38.0 Å². The largest absolute Gasteiger partial charge is 0.463 e. The van der Waals surface area contributed by atoms with E-state index < -0.39 is 11.4 Å². The molecule has 0 radical (unpaired) electrons. The van der Waals surface area contributed by atoms with Crippen molar-refractivity contribution in [3.8, 4) is 0 Å². The summed E-state index contributed by atoms with van der Waals surface area (Å²) in [6, 6.07) is 9.98. The minimum Gasteiger partial charge on any atom is -0.463 e. The van der Waals surface area contributed by atoms with Crippen LogP contribution in [0, 0.1) is 11.7 Å². The molecule has 3 atom stereocenters. The van der Waals surface area contributed by atoms with Crippen molar-refractivity contribution in [3.63, 3.8) is 0 Å². The van der Waals surface area contributed by atoms with E-state index in [0.717, 1.165) is 24.8 Å². The Bertz CT molecular complexity index is 1180. The van der Waals surface area contributed by atoms with E-state index in [2.05, 4.69) is 12.2 Å². The maximum Gasteiger partial charge on any atom is 0.271 e. The monoisotopic (exact) mass is 437 g/mol. The van der Waals surface area contributed by atoms with Gasteiger partial charge in [-0.15, -0.1) is 0 Å². The van der Waals surface area contributed by atoms with Gasteiger partial charge in [0.25, 0.3) is 5.91 Å². The second-order valence-corrected chi connectivity index (χ2v) is 9.38. The number of furan rings is 1. The zero-order valence-corrected chi connectivity index (χ0v) is 18.4. The Labute approximate surface area is 186 Å². The lowest BCUT2D eigenvalue weighted by Gasteiger charge is -2.45. The maximum atomic E-state index is 14.5. The molecule has 1 fully saturated rings. The molecule has 2 amide bonds. The first-order valence-electron chi connectivity index (χ1n) is 11.3. The second-order valence-electron chi connectivity index (χ2n) is 9.38. The molecule has 2 aromatic heterocycles. The fourth-order valence-electron chi connectivity index (χ4n) is 5.17. The van der Waals surface area contributed by atoms with Crippen LogP contribution in [0.4, 0.5) is 4.39 Å². The molecule has 0 spiro atoms. The van der Waals surface area contributed by atoms with Crippen LogP contribution in [0.15, 0.2) is 47.1 Å². The molecule has 3 aromatic rings. The van der Waals surface area contributed by atoms with Crippen LogP contribution in [-0.2, 0) is 17.9 Å². The summed E-state index contributed by atoms with van der Waals surface area (Å²) in [5, 5.41) is 3.23. The Morgan fingerprint density at radius 3 is 2.81 bits per heavy atom. The number of carbonyl (C=O) groups excluding carboxylic acids is 2. The number of fused-ring (bicyclic) bond motifs is 3. The van der Waals surface area contributed by atoms with E-state index in [0.29, 0.717) is 22.8 Å². The van der Waals surface area contributed by atoms with Crippen LogP contribution in [0.5, 0.6) is 0 Å².